The van der Waals surface area contributed by atoms with Crippen LogP contribution in [-0.2, 0) is 18.4 Å². The molecule has 0 aliphatic rings. The summed E-state index contributed by atoms with van der Waals surface area (Å²) in [6, 6.07) is -0.794. The van der Waals surface area contributed by atoms with Gasteiger partial charge in [-0.2, -0.15) is 0 Å². The van der Waals surface area contributed by atoms with E-state index in [2.05, 4.69) is 31.3 Å². The van der Waals surface area contributed by atoms with Crippen LogP contribution in [0.25, 0.3) is 0 Å². The lowest BCUT2D eigenvalue weighted by Crippen LogP contribution is -2.46. The van der Waals surface area contributed by atoms with Crippen molar-refractivity contribution in [2.45, 2.75) is 302 Å². The van der Waals surface area contributed by atoms with E-state index in [9.17, 15) is 19.4 Å². The quantitative estimate of drug-likeness (QED) is 0.0272. The first-order valence-corrected chi connectivity index (χ1v) is 30.0. The average Bonchev–Trinajstić information content (AvgIpc) is 3.26. The number of unbranched alkanes of at least 4 members (excludes halogenated alkanes) is 38. The van der Waals surface area contributed by atoms with Gasteiger partial charge >= 0.3 is 0 Å². The molecule has 0 rings (SSSR count). The van der Waals surface area contributed by atoms with Crippen LogP contribution in [0.15, 0.2) is 12.2 Å². The number of aliphatic hydroxyl groups is 1. The molecule has 3 atom stereocenters. The Morgan fingerprint density at radius 2 is 0.846 bits per heavy atom. The molecule has 9 heteroatoms. The van der Waals surface area contributed by atoms with Crippen molar-refractivity contribution in [3.05, 3.63) is 12.2 Å². The van der Waals surface area contributed by atoms with Crippen molar-refractivity contribution < 1.29 is 32.9 Å². The monoisotopic (exact) mass is 941 g/mol. The van der Waals surface area contributed by atoms with Crippen LogP contribution in [0.4, 0.5) is 0 Å². The van der Waals surface area contributed by atoms with Gasteiger partial charge in [0.2, 0.25) is 5.91 Å². The number of nitrogens with zero attached hydrogens (tertiary/aromatic N) is 1. The maximum atomic E-state index is 12.9. The lowest BCUT2D eigenvalue weighted by molar-refractivity contribution is -0.870. The minimum absolute atomic E-state index is 0.0151. The summed E-state index contributed by atoms with van der Waals surface area (Å²) in [6.45, 7) is 4.73. The zero-order chi connectivity index (χ0) is 47.8. The van der Waals surface area contributed by atoms with Crippen molar-refractivity contribution >= 4 is 13.7 Å². The van der Waals surface area contributed by atoms with Crippen LogP contribution in [0, 0.1) is 0 Å². The summed E-state index contributed by atoms with van der Waals surface area (Å²) in [5.41, 5.74) is 0. The van der Waals surface area contributed by atoms with Crippen molar-refractivity contribution in [1.29, 1.82) is 0 Å². The number of amides is 1. The maximum absolute atomic E-state index is 12.9. The molecular weight excluding hydrogens is 828 g/mol. The molecule has 0 spiro atoms. The Kier molecular flexibility index (Phi) is 47.7. The summed E-state index contributed by atoms with van der Waals surface area (Å²) >= 11 is 0. The van der Waals surface area contributed by atoms with E-state index < -0.39 is 20.0 Å². The van der Waals surface area contributed by atoms with E-state index in [1.807, 2.05) is 21.1 Å². The Labute approximate surface area is 405 Å². The van der Waals surface area contributed by atoms with Gasteiger partial charge in [-0.25, -0.2) is 0 Å². The number of carbonyl (C=O) groups excluding carboxylic acids is 1. The van der Waals surface area contributed by atoms with Crippen LogP contribution in [0.5, 0.6) is 0 Å². The maximum Gasteiger partial charge on any atom is 0.268 e. The van der Waals surface area contributed by atoms with Crippen LogP contribution in [0.3, 0.4) is 0 Å². The number of quaternary nitrogens is 1. The van der Waals surface area contributed by atoms with E-state index in [0.29, 0.717) is 23.9 Å². The molecule has 2 N–H and O–H groups in total. The third-order valence-electron chi connectivity index (χ3n) is 13.3. The van der Waals surface area contributed by atoms with Crippen LogP contribution in [-0.4, -0.2) is 68.5 Å². The average molecular weight is 942 g/mol. The first kappa shape index (κ1) is 64.2. The number of phosphoric ester groups is 1. The summed E-state index contributed by atoms with van der Waals surface area (Å²) in [5, 5.41) is 13.9. The summed E-state index contributed by atoms with van der Waals surface area (Å²) in [5.74, 6) is -0.161. The number of allylic oxidation sites excluding steroid dienone is 2. The normalized spacial score (nSPS) is 14.0. The number of hydrogen-bond acceptors (Lipinski definition) is 6. The molecule has 1 amide bonds. The first-order chi connectivity index (χ1) is 31.5. The highest BCUT2D eigenvalue weighted by molar-refractivity contribution is 7.45. The molecule has 0 saturated heterocycles. The highest BCUT2D eigenvalue weighted by atomic mass is 31.2. The molecule has 0 fully saturated rings. The molecule has 0 aliphatic heterocycles. The van der Waals surface area contributed by atoms with Crippen LogP contribution < -0.4 is 10.2 Å². The fourth-order valence-electron chi connectivity index (χ4n) is 8.74. The van der Waals surface area contributed by atoms with Gasteiger partial charge in [-0.1, -0.05) is 257 Å². The molecule has 8 nitrogen and oxygen atoms in total. The highest BCUT2D eigenvalue weighted by Crippen LogP contribution is 2.38. The minimum Gasteiger partial charge on any atom is -0.756 e. The van der Waals surface area contributed by atoms with Crippen molar-refractivity contribution in [1.82, 2.24) is 5.32 Å². The smallest absolute Gasteiger partial charge is 0.268 e. The van der Waals surface area contributed by atoms with Gasteiger partial charge in [0.25, 0.3) is 7.82 Å². The van der Waals surface area contributed by atoms with E-state index in [1.54, 1.807) is 0 Å². The zero-order valence-corrected chi connectivity index (χ0v) is 45.1. The Morgan fingerprint density at radius 3 is 1.20 bits per heavy atom. The van der Waals surface area contributed by atoms with Gasteiger partial charge in [-0.3, -0.25) is 9.36 Å². The molecule has 0 radical (unpaired) electrons. The van der Waals surface area contributed by atoms with E-state index in [1.165, 1.54) is 225 Å². The van der Waals surface area contributed by atoms with Crippen LogP contribution in [0.1, 0.15) is 290 Å². The zero-order valence-electron chi connectivity index (χ0n) is 44.2. The molecule has 0 saturated carbocycles. The number of aliphatic hydroxyl groups excluding tert-OH is 1. The standard InChI is InChI=1S/C56H113N2O6P/c1-6-8-10-12-14-16-18-19-20-21-22-23-24-25-26-27-28-29-30-31-32-33-34-35-36-37-38-39-40-42-44-46-48-50-56(60)57-54(53-64-65(61,62)63-52-51-58(3,4)5)55(59)49-47-45-43-41-17-15-13-11-9-7-2/h21-22,54-55,59H,6-20,23-53H2,1-5H3,(H-,57,60,61,62)/b22-21-. The van der Waals surface area contributed by atoms with Gasteiger partial charge in [-0.05, 0) is 38.5 Å². The van der Waals surface area contributed by atoms with Crippen molar-refractivity contribution in [2.24, 2.45) is 0 Å². The fraction of sp³-hybridized carbons (Fsp3) is 0.946. The lowest BCUT2D eigenvalue weighted by Gasteiger charge is -2.30. The van der Waals surface area contributed by atoms with Crippen molar-refractivity contribution in [3.63, 3.8) is 0 Å². The third-order valence-corrected chi connectivity index (χ3v) is 14.2. The third kappa shape index (κ3) is 50.9. The van der Waals surface area contributed by atoms with Gasteiger partial charge in [0.1, 0.15) is 13.2 Å². The second-order valence-corrected chi connectivity index (χ2v) is 22.4. The molecule has 3 unspecified atom stereocenters. The Balaban J connectivity index is 3.88. The SMILES string of the molecule is CCCCCCCCCC/C=C\CCCCCCCCCCCCCCCCCCCCCCCC(=O)NC(COP(=O)([O-])OCC[N+](C)(C)C)C(O)CCCCCCCCCCCC. The summed E-state index contributed by atoms with van der Waals surface area (Å²) in [7, 11) is 1.32. The van der Waals surface area contributed by atoms with Gasteiger partial charge in [0.15, 0.2) is 0 Å². The summed E-state index contributed by atoms with van der Waals surface area (Å²) in [6.07, 6.45) is 58.4. The molecule has 0 aliphatic carbocycles. The van der Waals surface area contributed by atoms with Gasteiger partial charge in [-0.15, -0.1) is 0 Å². The molecule has 0 aromatic carbocycles. The predicted molar refractivity (Wildman–Crippen MR) is 279 cm³/mol. The topological polar surface area (TPSA) is 108 Å². The van der Waals surface area contributed by atoms with E-state index in [-0.39, 0.29) is 19.1 Å². The van der Waals surface area contributed by atoms with Gasteiger partial charge in [0, 0.05) is 6.42 Å². The number of hydrogen-bond donors (Lipinski definition) is 2. The Bertz CT molecular complexity index is 1070. The number of likely N-dealkylation sites (N-methyl/N-ethyl adjacent to an activating group) is 1. The minimum atomic E-state index is -4.56. The molecule has 0 bridgehead atoms. The highest BCUT2D eigenvalue weighted by Gasteiger charge is 2.24. The molecular formula is C56H113N2O6P. The number of carbonyl (C=O) groups is 1. The molecule has 0 aromatic rings. The van der Waals surface area contributed by atoms with E-state index >= 15 is 0 Å². The lowest BCUT2D eigenvalue weighted by atomic mass is 10.0. The number of nitrogens with one attached hydrogen (secondary N) is 1. The summed E-state index contributed by atoms with van der Waals surface area (Å²) in [4.78, 5) is 25.4. The van der Waals surface area contributed by atoms with Crippen molar-refractivity contribution in [3.8, 4) is 0 Å². The fourth-order valence-corrected chi connectivity index (χ4v) is 9.47. The Morgan fingerprint density at radius 1 is 0.523 bits per heavy atom. The second-order valence-electron chi connectivity index (χ2n) is 21.0. The van der Waals surface area contributed by atoms with Crippen LogP contribution >= 0.6 is 7.82 Å². The number of phosphoric acid groups is 1. The van der Waals surface area contributed by atoms with Gasteiger partial charge in [0.05, 0.1) is 39.9 Å². The van der Waals surface area contributed by atoms with Crippen LogP contribution in [0.2, 0.25) is 0 Å². The first-order valence-electron chi connectivity index (χ1n) is 28.5. The Hall–Kier alpha value is -0.760. The van der Waals surface area contributed by atoms with E-state index in [0.717, 1.165) is 38.5 Å². The molecule has 65 heavy (non-hydrogen) atoms. The number of rotatable bonds is 53. The second kappa shape index (κ2) is 48.3. The van der Waals surface area contributed by atoms with Gasteiger partial charge < -0.3 is 28.8 Å². The predicted octanol–water partition coefficient (Wildman–Crippen LogP) is 16.4. The molecule has 0 aromatic heterocycles. The summed E-state index contributed by atoms with van der Waals surface area (Å²) < 4.78 is 23.3. The van der Waals surface area contributed by atoms with E-state index in [4.69, 9.17) is 9.05 Å². The molecule has 0 heterocycles. The van der Waals surface area contributed by atoms with Crippen molar-refractivity contribution in [2.75, 3.05) is 40.9 Å². The largest absolute Gasteiger partial charge is 0.756 e. The molecule has 388 valence electrons.